The van der Waals surface area contributed by atoms with Gasteiger partial charge in [0, 0.05) is 44.8 Å². The molecule has 1 aliphatic heterocycles. The number of nitrogens with two attached hydrogens (primary N) is 1. The molecule has 0 amide bonds. The summed E-state index contributed by atoms with van der Waals surface area (Å²) in [6, 6.07) is 4.95. The molecular formula is C16H26FN3. The van der Waals surface area contributed by atoms with E-state index in [1.165, 1.54) is 6.07 Å². The van der Waals surface area contributed by atoms with Crippen molar-refractivity contribution in [2.45, 2.75) is 39.4 Å². The fourth-order valence-electron chi connectivity index (χ4n) is 2.76. The number of hydrogen-bond donors (Lipinski definition) is 1. The highest BCUT2D eigenvalue weighted by atomic mass is 19.1. The molecule has 0 aliphatic carbocycles. The van der Waals surface area contributed by atoms with Gasteiger partial charge in [0.15, 0.2) is 0 Å². The van der Waals surface area contributed by atoms with E-state index < -0.39 is 0 Å². The first-order valence-electron chi connectivity index (χ1n) is 7.35. The van der Waals surface area contributed by atoms with Gasteiger partial charge >= 0.3 is 0 Å². The van der Waals surface area contributed by atoms with Gasteiger partial charge in [0.25, 0.3) is 0 Å². The van der Waals surface area contributed by atoms with E-state index in [0.717, 1.165) is 43.9 Å². The summed E-state index contributed by atoms with van der Waals surface area (Å²) in [5.41, 5.74) is 8.02. The highest BCUT2D eigenvalue weighted by molar-refractivity contribution is 5.27. The van der Waals surface area contributed by atoms with Gasteiger partial charge in [0.05, 0.1) is 0 Å². The first-order valence-corrected chi connectivity index (χ1v) is 7.35. The lowest BCUT2D eigenvalue weighted by molar-refractivity contribution is 0.0590. The summed E-state index contributed by atoms with van der Waals surface area (Å²) in [6.07, 6.45) is 0. The molecule has 2 N–H and O–H groups in total. The van der Waals surface area contributed by atoms with Crippen molar-refractivity contribution in [3.8, 4) is 0 Å². The molecule has 0 spiro atoms. The van der Waals surface area contributed by atoms with Crippen molar-refractivity contribution in [2.75, 3.05) is 26.2 Å². The van der Waals surface area contributed by atoms with Crippen LogP contribution in [-0.2, 0) is 13.1 Å². The van der Waals surface area contributed by atoms with E-state index in [1.807, 2.05) is 6.07 Å². The van der Waals surface area contributed by atoms with Crippen LogP contribution in [-0.4, -0.2) is 41.5 Å². The molecule has 0 unspecified atom stereocenters. The van der Waals surface area contributed by atoms with Crippen LogP contribution in [0.25, 0.3) is 0 Å². The number of piperazine rings is 1. The van der Waals surface area contributed by atoms with E-state index in [9.17, 15) is 4.39 Å². The standard InChI is InChI=1S/C16H26FN3/c1-16(2,3)20-8-6-19(7-9-20)12-13-4-5-15(17)10-14(13)11-18/h4-5,10H,6-9,11-12,18H2,1-3H3. The molecule has 1 fully saturated rings. The highest BCUT2D eigenvalue weighted by Gasteiger charge is 2.25. The lowest BCUT2D eigenvalue weighted by Crippen LogP contribution is -2.53. The third-order valence-electron chi connectivity index (χ3n) is 4.10. The van der Waals surface area contributed by atoms with Gasteiger partial charge < -0.3 is 5.73 Å². The fraction of sp³-hybridized carbons (Fsp3) is 0.625. The van der Waals surface area contributed by atoms with E-state index in [0.29, 0.717) is 6.54 Å². The Balaban J connectivity index is 1.96. The molecule has 1 aromatic rings. The molecular weight excluding hydrogens is 253 g/mol. The van der Waals surface area contributed by atoms with E-state index in [-0.39, 0.29) is 11.4 Å². The minimum Gasteiger partial charge on any atom is -0.326 e. The van der Waals surface area contributed by atoms with Gasteiger partial charge in [-0.2, -0.15) is 0 Å². The number of halogens is 1. The van der Waals surface area contributed by atoms with E-state index in [4.69, 9.17) is 5.73 Å². The third-order valence-corrected chi connectivity index (χ3v) is 4.10. The Morgan fingerprint density at radius 1 is 1.10 bits per heavy atom. The van der Waals surface area contributed by atoms with Gasteiger partial charge in [-0.3, -0.25) is 9.80 Å². The summed E-state index contributed by atoms with van der Waals surface area (Å²) < 4.78 is 13.2. The highest BCUT2D eigenvalue weighted by Crippen LogP contribution is 2.18. The fourth-order valence-corrected chi connectivity index (χ4v) is 2.76. The SMILES string of the molecule is CC(C)(C)N1CCN(Cc2ccc(F)cc2CN)CC1. The smallest absolute Gasteiger partial charge is 0.123 e. The monoisotopic (exact) mass is 279 g/mol. The first-order chi connectivity index (χ1) is 9.40. The van der Waals surface area contributed by atoms with Crippen LogP contribution in [0.5, 0.6) is 0 Å². The van der Waals surface area contributed by atoms with E-state index in [1.54, 1.807) is 6.07 Å². The molecule has 1 aliphatic rings. The molecule has 3 nitrogen and oxygen atoms in total. The van der Waals surface area contributed by atoms with Gasteiger partial charge in [0.1, 0.15) is 5.82 Å². The molecule has 1 saturated heterocycles. The zero-order valence-electron chi connectivity index (χ0n) is 12.8. The topological polar surface area (TPSA) is 32.5 Å². The molecule has 4 heteroatoms. The van der Waals surface area contributed by atoms with Crippen molar-refractivity contribution in [3.05, 3.63) is 35.1 Å². The van der Waals surface area contributed by atoms with Crippen LogP contribution in [0.2, 0.25) is 0 Å². The Bertz CT molecular complexity index is 446. The summed E-state index contributed by atoms with van der Waals surface area (Å²) in [6.45, 7) is 12.3. The normalized spacial score (nSPS) is 18.4. The van der Waals surface area contributed by atoms with Gasteiger partial charge in [-0.25, -0.2) is 4.39 Å². The van der Waals surface area contributed by atoms with Crippen LogP contribution in [0.1, 0.15) is 31.9 Å². The van der Waals surface area contributed by atoms with Crippen LogP contribution in [0.3, 0.4) is 0 Å². The molecule has 0 atom stereocenters. The Morgan fingerprint density at radius 3 is 2.30 bits per heavy atom. The van der Waals surface area contributed by atoms with Crippen LogP contribution in [0, 0.1) is 5.82 Å². The zero-order chi connectivity index (χ0) is 14.8. The average molecular weight is 279 g/mol. The van der Waals surface area contributed by atoms with Crippen LogP contribution >= 0.6 is 0 Å². The van der Waals surface area contributed by atoms with Gasteiger partial charge in [-0.05, 0) is 44.0 Å². The lowest BCUT2D eigenvalue weighted by atomic mass is 10.0. The Hall–Kier alpha value is -0.970. The van der Waals surface area contributed by atoms with Gasteiger partial charge in [0.2, 0.25) is 0 Å². The molecule has 1 aromatic carbocycles. The lowest BCUT2D eigenvalue weighted by Gasteiger charge is -2.42. The number of hydrogen-bond acceptors (Lipinski definition) is 3. The number of nitrogens with zero attached hydrogens (tertiary/aromatic N) is 2. The van der Waals surface area contributed by atoms with Crippen LogP contribution in [0.4, 0.5) is 4.39 Å². The average Bonchev–Trinajstić information content (AvgIpc) is 2.40. The molecule has 0 aromatic heterocycles. The van der Waals surface area contributed by atoms with Gasteiger partial charge in [-0.1, -0.05) is 6.07 Å². The minimum absolute atomic E-state index is 0.202. The Kier molecular flexibility index (Phi) is 4.78. The maximum absolute atomic E-state index is 13.2. The number of rotatable bonds is 3. The molecule has 2 rings (SSSR count). The van der Waals surface area contributed by atoms with Crippen molar-refractivity contribution in [2.24, 2.45) is 5.73 Å². The second-order valence-corrected chi connectivity index (χ2v) is 6.55. The van der Waals surface area contributed by atoms with Crippen molar-refractivity contribution in [1.82, 2.24) is 9.80 Å². The van der Waals surface area contributed by atoms with Crippen molar-refractivity contribution < 1.29 is 4.39 Å². The van der Waals surface area contributed by atoms with Crippen molar-refractivity contribution in [1.29, 1.82) is 0 Å². The summed E-state index contributed by atoms with van der Waals surface area (Å²) in [5, 5.41) is 0. The van der Waals surface area contributed by atoms with Crippen molar-refractivity contribution >= 4 is 0 Å². The predicted octanol–water partition coefficient (Wildman–Crippen LogP) is 2.20. The van der Waals surface area contributed by atoms with E-state index in [2.05, 4.69) is 30.6 Å². The van der Waals surface area contributed by atoms with Crippen molar-refractivity contribution in [3.63, 3.8) is 0 Å². The van der Waals surface area contributed by atoms with Crippen LogP contribution in [0.15, 0.2) is 18.2 Å². The predicted molar refractivity (Wildman–Crippen MR) is 80.9 cm³/mol. The summed E-state index contributed by atoms with van der Waals surface area (Å²) in [7, 11) is 0. The van der Waals surface area contributed by atoms with Crippen LogP contribution < -0.4 is 5.73 Å². The summed E-state index contributed by atoms with van der Waals surface area (Å²) >= 11 is 0. The second kappa shape index (κ2) is 6.20. The molecule has 20 heavy (non-hydrogen) atoms. The molecule has 1 heterocycles. The quantitative estimate of drug-likeness (QED) is 0.920. The Morgan fingerprint density at radius 2 is 1.75 bits per heavy atom. The minimum atomic E-state index is -0.202. The molecule has 0 radical (unpaired) electrons. The van der Waals surface area contributed by atoms with Gasteiger partial charge in [-0.15, -0.1) is 0 Å². The summed E-state index contributed by atoms with van der Waals surface area (Å²) in [5.74, 6) is -0.202. The third kappa shape index (κ3) is 3.78. The largest absolute Gasteiger partial charge is 0.326 e. The maximum Gasteiger partial charge on any atom is 0.123 e. The molecule has 112 valence electrons. The molecule has 0 saturated carbocycles. The number of benzene rings is 1. The maximum atomic E-state index is 13.2. The second-order valence-electron chi connectivity index (χ2n) is 6.55. The zero-order valence-corrected chi connectivity index (χ0v) is 12.8. The molecule has 0 bridgehead atoms. The Labute approximate surface area is 121 Å². The van der Waals surface area contributed by atoms with E-state index >= 15 is 0 Å². The first kappa shape index (κ1) is 15.4. The summed E-state index contributed by atoms with van der Waals surface area (Å²) in [4.78, 5) is 4.94.